The molecule has 2 aromatic carbocycles. The largest absolute Gasteiger partial charge is 0.457 e. The molecule has 0 aliphatic heterocycles. The van der Waals surface area contributed by atoms with E-state index in [0.717, 1.165) is 33.5 Å². The normalized spacial score (nSPS) is 11.0. The minimum absolute atomic E-state index is 0.0319. The van der Waals surface area contributed by atoms with Gasteiger partial charge in [-0.3, -0.25) is 14.4 Å². The van der Waals surface area contributed by atoms with E-state index in [-0.39, 0.29) is 30.2 Å². The number of para-hydroxylation sites is 1. The monoisotopic (exact) mass is 420 g/mol. The van der Waals surface area contributed by atoms with Gasteiger partial charge in [0, 0.05) is 28.5 Å². The summed E-state index contributed by atoms with van der Waals surface area (Å²) >= 11 is 1.10. The smallest absolute Gasteiger partial charge is 0.308 e. The molecule has 30 heavy (non-hydrogen) atoms. The van der Waals surface area contributed by atoms with Gasteiger partial charge in [-0.05, 0) is 18.6 Å². The Kier molecular flexibility index (Phi) is 5.63. The van der Waals surface area contributed by atoms with E-state index in [2.05, 4.69) is 4.98 Å². The maximum atomic E-state index is 13.0. The summed E-state index contributed by atoms with van der Waals surface area (Å²) in [6.07, 6.45) is 0.0319. The van der Waals surface area contributed by atoms with Gasteiger partial charge in [-0.2, -0.15) is 0 Å². The van der Waals surface area contributed by atoms with Gasteiger partial charge in [0.05, 0.1) is 17.7 Å². The molecule has 6 nitrogen and oxygen atoms in total. The second kappa shape index (κ2) is 8.51. The van der Waals surface area contributed by atoms with E-state index in [9.17, 15) is 14.4 Å². The van der Waals surface area contributed by atoms with E-state index < -0.39 is 5.97 Å². The molecule has 7 heteroatoms. The summed E-state index contributed by atoms with van der Waals surface area (Å²) in [7, 11) is 0. The van der Waals surface area contributed by atoms with Crippen molar-refractivity contribution >= 4 is 34.0 Å². The number of hydrogen-bond acceptors (Lipinski definition) is 5. The van der Waals surface area contributed by atoms with Gasteiger partial charge >= 0.3 is 10.8 Å². The molecular formula is C23H20N2O4S. The Bertz CT molecular complexity index is 1270. The van der Waals surface area contributed by atoms with Crippen molar-refractivity contribution in [2.75, 3.05) is 6.61 Å². The molecule has 0 bridgehead atoms. The summed E-state index contributed by atoms with van der Waals surface area (Å²) in [5, 5.41) is 2.54. The van der Waals surface area contributed by atoms with Gasteiger partial charge in [-0.1, -0.05) is 59.9 Å². The molecule has 4 aromatic rings. The molecule has 0 saturated heterocycles. The third kappa shape index (κ3) is 3.97. The van der Waals surface area contributed by atoms with Gasteiger partial charge in [0.15, 0.2) is 6.61 Å². The van der Waals surface area contributed by atoms with Crippen LogP contribution in [0.1, 0.15) is 22.5 Å². The van der Waals surface area contributed by atoms with E-state index in [1.54, 1.807) is 5.38 Å². The molecule has 0 saturated carbocycles. The fraction of sp³-hybridized carbons (Fsp3) is 0.174. The van der Waals surface area contributed by atoms with Gasteiger partial charge in [0.1, 0.15) is 0 Å². The molecule has 4 rings (SSSR count). The Morgan fingerprint density at radius 2 is 1.80 bits per heavy atom. The third-order valence-corrected chi connectivity index (χ3v) is 5.81. The lowest BCUT2D eigenvalue weighted by Crippen LogP contribution is -2.20. The first-order chi connectivity index (χ1) is 14.5. The number of ketones is 1. The predicted octanol–water partition coefficient (Wildman–Crippen LogP) is 4.18. The number of nitrogens with zero attached hydrogens (tertiary/aromatic N) is 1. The Balaban J connectivity index is 1.51. The lowest BCUT2D eigenvalue weighted by Gasteiger charge is -2.07. The zero-order valence-electron chi connectivity index (χ0n) is 16.4. The summed E-state index contributed by atoms with van der Waals surface area (Å²) in [5.41, 5.74) is 3.75. The van der Waals surface area contributed by atoms with E-state index >= 15 is 0 Å². The van der Waals surface area contributed by atoms with Crippen molar-refractivity contribution in [3.63, 3.8) is 0 Å². The van der Waals surface area contributed by atoms with Crippen LogP contribution in [0.2, 0.25) is 0 Å². The molecule has 0 fully saturated rings. The summed E-state index contributed by atoms with van der Waals surface area (Å²) < 4.78 is 6.76. The molecular weight excluding hydrogens is 400 g/mol. The Morgan fingerprint density at radius 1 is 1.07 bits per heavy atom. The topological polar surface area (TPSA) is 81.2 Å². The van der Waals surface area contributed by atoms with Crippen LogP contribution in [0.5, 0.6) is 0 Å². The number of esters is 1. The predicted molar refractivity (Wildman–Crippen MR) is 117 cm³/mol. The van der Waals surface area contributed by atoms with Crippen LogP contribution < -0.4 is 4.87 Å². The zero-order chi connectivity index (χ0) is 21.1. The van der Waals surface area contributed by atoms with Crippen molar-refractivity contribution < 1.29 is 14.3 Å². The number of fused-ring (bicyclic) bond motifs is 1. The van der Waals surface area contributed by atoms with Crippen LogP contribution >= 0.6 is 11.3 Å². The lowest BCUT2D eigenvalue weighted by atomic mass is 10.0. The number of thiazole rings is 1. The number of ether oxygens (including phenoxy) is 1. The van der Waals surface area contributed by atoms with E-state index in [1.165, 1.54) is 4.57 Å². The summed E-state index contributed by atoms with van der Waals surface area (Å²) in [6.45, 7) is 1.70. The first kappa shape index (κ1) is 19.8. The number of nitrogens with one attached hydrogen (secondary N) is 1. The molecule has 0 aliphatic rings. The zero-order valence-corrected chi connectivity index (χ0v) is 17.2. The summed E-state index contributed by atoms with van der Waals surface area (Å²) in [5.74, 6) is -0.787. The fourth-order valence-corrected chi connectivity index (χ4v) is 4.18. The summed E-state index contributed by atoms with van der Waals surface area (Å²) in [4.78, 5) is 40.1. The van der Waals surface area contributed by atoms with Gasteiger partial charge in [0.25, 0.3) is 0 Å². The van der Waals surface area contributed by atoms with Gasteiger partial charge in [-0.15, -0.1) is 0 Å². The van der Waals surface area contributed by atoms with Crippen LogP contribution in [0.3, 0.4) is 0 Å². The molecule has 0 aliphatic carbocycles. The van der Waals surface area contributed by atoms with Crippen molar-refractivity contribution in [2.24, 2.45) is 0 Å². The molecule has 2 aromatic heterocycles. The molecule has 2 heterocycles. The number of aromatic nitrogens is 2. The quantitative estimate of drug-likeness (QED) is 0.359. The van der Waals surface area contributed by atoms with Crippen molar-refractivity contribution in [1.29, 1.82) is 0 Å². The number of H-pyrrole nitrogens is 1. The van der Waals surface area contributed by atoms with Gasteiger partial charge in [-0.25, -0.2) is 0 Å². The molecule has 0 unspecified atom stereocenters. The highest BCUT2D eigenvalue weighted by Gasteiger charge is 2.20. The second-order valence-electron chi connectivity index (χ2n) is 6.92. The maximum absolute atomic E-state index is 13.0. The minimum Gasteiger partial charge on any atom is -0.457 e. The Hall–Kier alpha value is -3.45. The molecule has 0 amide bonds. The number of benzene rings is 2. The van der Waals surface area contributed by atoms with Crippen molar-refractivity contribution in [2.45, 2.75) is 19.9 Å². The SMILES string of the molecule is Cc1csc(=O)n1CCC(=O)OCC(=O)c1c(-c2ccccc2)[nH]c2ccccc12. The highest BCUT2D eigenvalue weighted by atomic mass is 32.1. The van der Waals surface area contributed by atoms with Crippen LogP contribution in [-0.2, 0) is 16.1 Å². The first-order valence-corrected chi connectivity index (χ1v) is 10.4. The number of rotatable bonds is 7. The summed E-state index contributed by atoms with van der Waals surface area (Å²) in [6, 6.07) is 17.1. The van der Waals surface area contributed by atoms with Crippen LogP contribution in [0, 0.1) is 6.92 Å². The van der Waals surface area contributed by atoms with E-state index in [1.807, 2.05) is 61.5 Å². The van der Waals surface area contributed by atoms with Crippen molar-refractivity contribution in [3.05, 3.63) is 80.9 Å². The highest BCUT2D eigenvalue weighted by molar-refractivity contribution is 7.07. The fourth-order valence-electron chi connectivity index (χ4n) is 3.42. The number of hydrogen-bond donors (Lipinski definition) is 1. The Morgan fingerprint density at radius 3 is 2.53 bits per heavy atom. The Labute approximate surface area is 176 Å². The number of Topliss-reactive ketones (excluding diaryl/α,β-unsaturated/α-hetero) is 1. The standard InChI is InChI=1S/C23H20N2O4S/c1-15-14-30-23(28)25(15)12-11-20(27)29-13-19(26)21-17-9-5-6-10-18(17)24-22(21)16-7-3-2-4-8-16/h2-10,14,24H,11-13H2,1H3. The number of carbonyl (C=O) groups excluding carboxylic acids is 2. The highest BCUT2D eigenvalue weighted by Crippen LogP contribution is 2.30. The number of aryl methyl sites for hydroxylation is 1. The third-order valence-electron chi connectivity index (χ3n) is 4.93. The van der Waals surface area contributed by atoms with Gasteiger partial charge in [0.2, 0.25) is 5.78 Å². The minimum atomic E-state index is -0.512. The van der Waals surface area contributed by atoms with Crippen LogP contribution in [-0.4, -0.2) is 27.9 Å². The molecule has 0 radical (unpaired) electrons. The average molecular weight is 420 g/mol. The van der Waals surface area contributed by atoms with Crippen LogP contribution in [0.25, 0.3) is 22.2 Å². The van der Waals surface area contributed by atoms with Crippen molar-refractivity contribution in [3.8, 4) is 11.3 Å². The molecule has 152 valence electrons. The molecule has 0 spiro atoms. The second-order valence-corrected chi connectivity index (χ2v) is 7.74. The lowest BCUT2D eigenvalue weighted by molar-refractivity contribution is -0.142. The maximum Gasteiger partial charge on any atom is 0.308 e. The van der Waals surface area contributed by atoms with Crippen molar-refractivity contribution in [1.82, 2.24) is 9.55 Å². The number of carbonyl (C=O) groups is 2. The van der Waals surface area contributed by atoms with Crippen LogP contribution in [0.15, 0.2) is 64.8 Å². The average Bonchev–Trinajstić information content (AvgIpc) is 3.31. The van der Waals surface area contributed by atoms with Crippen LogP contribution in [0.4, 0.5) is 0 Å². The van der Waals surface area contributed by atoms with Gasteiger partial charge < -0.3 is 14.3 Å². The van der Waals surface area contributed by atoms with E-state index in [4.69, 9.17) is 4.74 Å². The molecule has 0 atom stereocenters. The molecule has 1 N–H and O–H groups in total. The first-order valence-electron chi connectivity index (χ1n) is 9.54. The van der Waals surface area contributed by atoms with E-state index in [0.29, 0.717) is 11.3 Å². The number of aromatic amines is 1.